The molecule has 1 N–H and O–H groups in total. The largest absolute Gasteiger partial charge is 0.467 e. The lowest BCUT2D eigenvalue weighted by Gasteiger charge is -2.16. The number of carbonyl (C=O) groups excluding carboxylic acids is 1. The normalized spacial score (nSPS) is 11.7. The van der Waals surface area contributed by atoms with Crippen LogP contribution in [0.25, 0.3) is 0 Å². The Balaban J connectivity index is 2.10. The van der Waals surface area contributed by atoms with Gasteiger partial charge in [-0.15, -0.1) is 0 Å². The molecule has 0 fully saturated rings. The van der Waals surface area contributed by atoms with Gasteiger partial charge in [-0.3, -0.25) is 4.79 Å². The molecule has 0 unspecified atom stereocenters. The van der Waals surface area contributed by atoms with Crippen LogP contribution in [0.1, 0.15) is 28.9 Å². The third-order valence-corrected chi connectivity index (χ3v) is 3.11. The second-order valence-corrected chi connectivity index (χ2v) is 4.65. The number of methoxy groups -OCH3 is 1. The van der Waals surface area contributed by atoms with E-state index in [4.69, 9.17) is 9.47 Å². The summed E-state index contributed by atoms with van der Waals surface area (Å²) in [7, 11) is 1.54. The number of benzene rings is 2. The van der Waals surface area contributed by atoms with Crippen LogP contribution < -0.4 is 10.1 Å². The molecule has 2 rings (SSSR count). The van der Waals surface area contributed by atoms with Crippen molar-refractivity contribution in [3.05, 3.63) is 65.7 Å². The minimum atomic E-state index is -0.168. The zero-order valence-corrected chi connectivity index (χ0v) is 12.2. The van der Waals surface area contributed by atoms with Gasteiger partial charge in [0.1, 0.15) is 5.75 Å². The Morgan fingerprint density at radius 2 is 1.76 bits per heavy atom. The Morgan fingerprint density at radius 3 is 2.48 bits per heavy atom. The number of hydrogen-bond acceptors (Lipinski definition) is 3. The van der Waals surface area contributed by atoms with Crippen molar-refractivity contribution < 1.29 is 14.3 Å². The maximum Gasteiger partial charge on any atom is 0.255 e. The lowest BCUT2D eigenvalue weighted by molar-refractivity contribution is 0.0500. The van der Waals surface area contributed by atoms with E-state index in [0.29, 0.717) is 11.3 Å². The molecular weight excluding hydrogens is 266 g/mol. The van der Waals surface area contributed by atoms with Gasteiger partial charge in [0.25, 0.3) is 5.91 Å². The van der Waals surface area contributed by atoms with Crippen molar-refractivity contribution in [2.75, 3.05) is 13.9 Å². The second kappa shape index (κ2) is 7.45. The van der Waals surface area contributed by atoms with Gasteiger partial charge < -0.3 is 14.8 Å². The monoisotopic (exact) mass is 285 g/mol. The summed E-state index contributed by atoms with van der Waals surface area (Å²) in [5, 5.41) is 2.97. The lowest BCUT2D eigenvalue weighted by Crippen LogP contribution is -2.27. The number of nitrogens with one attached hydrogen (secondary N) is 1. The summed E-state index contributed by atoms with van der Waals surface area (Å²) in [6.45, 7) is 2.06. The molecule has 0 bridgehead atoms. The number of hydrogen-bond donors (Lipinski definition) is 1. The smallest absolute Gasteiger partial charge is 0.255 e. The average molecular weight is 285 g/mol. The van der Waals surface area contributed by atoms with Crippen molar-refractivity contribution in [3.63, 3.8) is 0 Å². The van der Waals surface area contributed by atoms with Crippen LogP contribution in [-0.2, 0) is 4.74 Å². The standard InChI is InChI=1S/C17H19NO3/c1-13(14-8-4-3-5-9-14)18-17(19)15-10-6-7-11-16(15)21-12-20-2/h3-11,13H,12H2,1-2H3,(H,18,19)/t13-/m0/s1. The highest BCUT2D eigenvalue weighted by Gasteiger charge is 2.15. The molecule has 0 aliphatic rings. The summed E-state index contributed by atoms with van der Waals surface area (Å²) in [4.78, 5) is 12.4. The van der Waals surface area contributed by atoms with Gasteiger partial charge in [0.15, 0.2) is 6.79 Å². The number of amides is 1. The Morgan fingerprint density at radius 1 is 1.10 bits per heavy atom. The fourth-order valence-electron chi connectivity index (χ4n) is 2.00. The molecule has 4 heteroatoms. The Labute approximate surface area is 124 Å². The molecule has 0 spiro atoms. The van der Waals surface area contributed by atoms with Crippen LogP contribution in [-0.4, -0.2) is 19.8 Å². The number of rotatable bonds is 6. The Hall–Kier alpha value is -2.33. The van der Waals surface area contributed by atoms with Crippen molar-refractivity contribution in [1.82, 2.24) is 5.32 Å². The number of ether oxygens (including phenoxy) is 2. The number of para-hydroxylation sites is 1. The van der Waals surface area contributed by atoms with Crippen molar-refractivity contribution in [2.24, 2.45) is 0 Å². The van der Waals surface area contributed by atoms with Crippen LogP contribution in [0.5, 0.6) is 5.75 Å². The van der Waals surface area contributed by atoms with Crippen LogP contribution >= 0.6 is 0 Å². The molecule has 0 aliphatic heterocycles. The molecule has 0 aliphatic carbocycles. The number of carbonyl (C=O) groups is 1. The first-order valence-corrected chi connectivity index (χ1v) is 6.79. The summed E-state index contributed by atoms with van der Waals surface area (Å²) in [5.41, 5.74) is 1.55. The van der Waals surface area contributed by atoms with E-state index in [0.717, 1.165) is 5.56 Å². The highest BCUT2D eigenvalue weighted by atomic mass is 16.7. The SMILES string of the molecule is COCOc1ccccc1C(=O)N[C@@H](C)c1ccccc1. The zero-order valence-electron chi connectivity index (χ0n) is 12.2. The maximum absolute atomic E-state index is 12.4. The summed E-state index contributed by atoms with van der Waals surface area (Å²) >= 11 is 0. The van der Waals surface area contributed by atoms with Crippen LogP contribution in [0.3, 0.4) is 0 Å². The maximum atomic E-state index is 12.4. The molecule has 110 valence electrons. The van der Waals surface area contributed by atoms with E-state index in [2.05, 4.69) is 5.32 Å². The van der Waals surface area contributed by atoms with Gasteiger partial charge in [-0.1, -0.05) is 42.5 Å². The third kappa shape index (κ3) is 4.07. The molecule has 0 saturated carbocycles. The van der Waals surface area contributed by atoms with Gasteiger partial charge >= 0.3 is 0 Å². The summed E-state index contributed by atoms with van der Waals surface area (Å²) in [6, 6.07) is 16.9. The van der Waals surface area contributed by atoms with Gasteiger partial charge in [-0.05, 0) is 24.6 Å². The fourth-order valence-corrected chi connectivity index (χ4v) is 2.00. The second-order valence-electron chi connectivity index (χ2n) is 4.65. The van der Waals surface area contributed by atoms with E-state index in [1.807, 2.05) is 49.4 Å². The minimum Gasteiger partial charge on any atom is -0.467 e. The van der Waals surface area contributed by atoms with Gasteiger partial charge in [0.05, 0.1) is 11.6 Å². The highest BCUT2D eigenvalue weighted by molar-refractivity contribution is 5.97. The van der Waals surface area contributed by atoms with Crippen LogP contribution in [0.2, 0.25) is 0 Å². The summed E-state index contributed by atoms with van der Waals surface area (Å²) in [5.74, 6) is 0.343. The van der Waals surface area contributed by atoms with E-state index >= 15 is 0 Å². The highest BCUT2D eigenvalue weighted by Crippen LogP contribution is 2.19. The van der Waals surface area contributed by atoms with E-state index in [1.54, 1.807) is 19.2 Å². The van der Waals surface area contributed by atoms with Gasteiger partial charge in [-0.2, -0.15) is 0 Å². The molecule has 21 heavy (non-hydrogen) atoms. The molecule has 1 amide bonds. The quantitative estimate of drug-likeness (QED) is 0.829. The van der Waals surface area contributed by atoms with Crippen molar-refractivity contribution >= 4 is 5.91 Å². The molecule has 1 atom stereocenters. The van der Waals surface area contributed by atoms with Crippen molar-refractivity contribution in [3.8, 4) is 5.75 Å². The lowest BCUT2D eigenvalue weighted by atomic mass is 10.1. The van der Waals surface area contributed by atoms with E-state index in [-0.39, 0.29) is 18.7 Å². The molecule has 0 saturated heterocycles. The average Bonchev–Trinajstić information content (AvgIpc) is 2.54. The molecule has 0 aromatic heterocycles. The first-order chi connectivity index (χ1) is 10.2. The van der Waals surface area contributed by atoms with Gasteiger partial charge in [-0.25, -0.2) is 0 Å². The fraction of sp³-hybridized carbons (Fsp3) is 0.235. The molecule has 2 aromatic rings. The Kier molecular flexibility index (Phi) is 5.35. The van der Waals surface area contributed by atoms with Crippen molar-refractivity contribution in [2.45, 2.75) is 13.0 Å². The zero-order chi connectivity index (χ0) is 15.1. The molecule has 4 nitrogen and oxygen atoms in total. The van der Waals surface area contributed by atoms with Crippen LogP contribution in [0, 0.1) is 0 Å². The predicted octanol–water partition coefficient (Wildman–Crippen LogP) is 3.16. The molecule has 2 aromatic carbocycles. The topological polar surface area (TPSA) is 47.6 Å². The first-order valence-electron chi connectivity index (χ1n) is 6.79. The van der Waals surface area contributed by atoms with Gasteiger partial charge in [0, 0.05) is 7.11 Å². The molecule has 0 heterocycles. The van der Waals surface area contributed by atoms with E-state index in [1.165, 1.54) is 0 Å². The predicted molar refractivity (Wildman–Crippen MR) is 81.3 cm³/mol. The molecular formula is C17H19NO3. The Bertz CT molecular complexity index is 584. The van der Waals surface area contributed by atoms with E-state index in [9.17, 15) is 4.79 Å². The summed E-state index contributed by atoms with van der Waals surface area (Å²) in [6.07, 6.45) is 0. The minimum absolute atomic E-state index is 0.0748. The first kappa shape index (κ1) is 15.1. The van der Waals surface area contributed by atoms with E-state index < -0.39 is 0 Å². The van der Waals surface area contributed by atoms with Gasteiger partial charge in [0.2, 0.25) is 0 Å². The van der Waals surface area contributed by atoms with Crippen LogP contribution in [0.15, 0.2) is 54.6 Å². The van der Waals surface area contributed by atoms with Crippen LogP contribution in [0.4, 0.5) is 0 Å². The summed E-state index contributed by atoms with van der Waals surface area (Å²) < 4.78 is 10.3. The molecule has 0 radical (unpaired) electrons. The van der Waals surface area contributed by atoms with Crippen molar-refractivity contribution in [1.29, 1.82) is 0 Å². The third-order valence-electron chi connectivity index (χ3n) is 3.11.